The predicted octanol–water partition coefficient (Wildman–Crippen LogP) is 1.10. The molecule has 0 aliphatic carbocycles. The van der Waals surface area contributed by atoms with Crippen molar-refractivity contribution in [3.8, 4) is 0 Å². The summed E-state index contributed by atoms with van der Waals surface area (Å²) in [5.74, 6) is 0.847. The molecular weight excluding hydrogens is 160 g/mol. The number of hydrogen-bond donors (Lipinski definition) is 1. The lowest BCUT2D eigenvalue weighted by Gasteiger charge is -1.91. The van der Waals surface area contributed by atoms with Gasteiger partial charge < -0.3 is 4.98 Å². The molecule has 5 heteroatoms. The van der Waals surface area contributed by atoms with Gasteiger partial charge in [0.25, 0.3) is 0 Å². The zero-order valence-corrected chi connectivity index (χ0v) is 6.72. The van der Waals surface area contributed by atoms with Gasteiger partial charge in [-0.3, -0.25) is 4.40 Å². The van der Waals surface area contributed by atoms with Crippen LogP contribution in [0.15, 0.2) is 12.4 Å². The third kappa shape index (κ3) is 0.848. The Morgan fingerprint density at radius 2 is 2.36 bits per heavy atom. The smallest absolute Gasteiger partial charge is 0.195 e. The molecule has 0 amide bonds. The Labute approximate surface area is 67.9 Å². The van der Waals surface area contributed by atoms with Gasteiger partial charge in [0.1, 0.15) is 10.5 Å². The van der Waals surface area contributed by atoms with Crippen molar-refractivity contribution < 1.29 is 0 Å². The summed E-state index contributed by atoms with van der Waals surface area (Å²) in [6.45, 7) is 1.88. The topological polar surface area (TPSA) is 46.0 Å². The maximum Gasteiger partial charge on any atom is 0.195 e. The van der Waals surface area contributed by atoms with Crippen LogP contribution in [0.4, 0.5) is 0 Å². The Hall–Kier alpha value is -1.23. The van der Waals surface area contributed by atoms with Gasteiger partial charge in [0.05, 0.1) is 0 Å². The van der Waals surface area contributed by atoms with Gasteiger partial charge in [-0.15, -0.1) is 10.2 Å². The van der Waals surface area contributed by atoms with E-state index in [4.69, 9.17) is 12.2 Å². The maximum atomic E-state index is 4.99. The zero-order valence-electron chi connectivity index (χ0n) is 5.90. The largest absolute Gasteiger partial charge is 0.348 e. The number of H-pyrrole nitrogens is 1. The number of hydrogen-bond acceptors (Lipinski definition) is 3. The zero-order chi connectivity index (χ0) is 7.84. The number of nitrogens with zero attached hydrogens (tertiary/aromatic N) is 3. The fourth-order valence-corrected chi connectivity index (χ4v) is 1.16. The summed E-state index contributed by atoms with van der Waals surface area (Å²) < 4.78 is 2.46. The molecule has 0 saturated carbocycles. The van der Waals surface area contributed by atoms with Crippen molar-refractivity contribution in [3.63, 3.8) is 0 Å². The van der Waals surface area contributed by atoms with Crippen molar-refractivity contribution in [3.05, 3.63) is 22.9 Å². The van der Waals surface area contributed by atoms with Crippen LogP contribution in [0.25, 0.3) is 5.65 Å². The summed E-state index contributed by atoms with van der Waals surface area (Å²) in [6.07, 6.45) is 3.62. The van der Waals surface area contributed by atoms with Crippen molar-refractivity contribution in [2.24, 2.45) is 0 Å². The molecule has 2 rings (SSSR count). The molecular formula is C6H6N4S. The van der Waals surface area contributed by atoms with E-state index in [2.05, 4.69) is 15.2 Å². The molecule has 1 N–H and O–H groups in total. The molecule has 0 saturated heterocycles. The summed E-state index contributed by atoms with van der Waals surface area (Å²) in [4.78, 5) is 2.88. The van der Waals surface area contributed by atoms with Gasteiger partial charge >= 0.3 is 0 Å². The number of aromatic nitrogens is 4. The van der Waals surface area contributed by atoms with E-state index in [0.717, 1.165) is 5.82 Å². The van der Waals surface area contributed by atoms with Crippen molar-refractivity contribution >= 4 is 17.9 Å². The highest BCUT2D eigenvalue weighted by Gasteiger charge is 1.99. The molecule has 4 nitrogen and oxygen atoms in total. The molecule has 2 heterocycles. The second kappa shape index (κ2) is 2.13. The summed E-state index contributed by atoms with van der Waals surface area (Å²) in [5.41, 5.74) is 0.708. The molecule has 11 heavy (non-hydrogen) atoms. The van der Waals surface area contributed by atoms with Crippen LogP contribution in [0, 0.1) is 11.6 Å². The van der Waals surface area contributed by atoms with E-state index in [0.29, 0.717) is 10.3 Å². The van der Waals surface area contributed by atoms with E-state index >= 15 is 0 Å². The van der Waals surface area contributed by atoms with Crippen LogP contribution in [0.2, 0.25) is 0 Å². The van der Waals surface area contributed by atoms with Crippen LogP contribution in [0.5, 0.6) is 0 Å². The Kier molecular flexibility index (Phi) is 1.25. The van der Waals surface area contributed by atoms with Gasteiger partial charge in [0, 0.05) is 12.4 Å². The summed E-state index contributed by atoms with van der Waals surface area (Å²) in [5, 5.41) is 7.78. The fourth-order valence-electron chi connectivity index (χ4n) is 0.955. The third-order valence-corrected chi connectivity index (χ3v) is 1.81. The minimum atomic E-state index is 0.619. The first-order valence-corrected chi connectivity index (χ1v) is 3.59. The van der Waals surface area contributed by atoms with E-state index in [1.165, 1.54) is 0 Å². The first-order valence-electron chi connectivity index (χ1n) is 3.18. The lowest BCUT2D eigenvalue weighted by molar-refractivity contribution is 1.00. The monoisotopic (exact) mass is 166 g/mol. The maximum absolute atomic E-state index is 4.99. The van der Waals surface area contributed by atoms with Crippen LogP contribution < -0.4 is 0 Å². The molecule has 0 atom stereocenters. The average molecular weight is 166 g/mol. The lowest BCUT2D eigenvalue weighted by Crippen LogP contribution is -1.88. The molecule has 0 radical (unpaired) electrons. The van der Waals surface area contributed by atoms with Crippen molar-refractivity contribution in [2.75, 3.05) is 0 Å². The predicted molar refractivity (Wildman–Crippen MR) is 42.9 cm³/mol. The first-order chi connectivity index (χ1) is 5.29. The molecule has 0 unspecified atom stereocenters. The van der Waals surface area contributed by atoms with E-state index in [1.807, 2.05) is 17.5 Å². The first kappa shape index (κ1) is 6.48. The van der Waals surface area contributed by atoms with Gasteiger partial charge in [0.15, 0.2) is 5.65 Å². The molecule has 0 aliphatic rings. The normalized spacial score (nSPS) is 10.6. The number of rotatable bonds is 0. The Bertz CT molecular complexity index is 441. The van der Waals surface area contributed by atoms with Gasteiger partial charge in [0.2, 0.25) is 0 Å². The van der Waals surface area contributed by atoms with Gasteiger partial charge in [-0.1, -0.05) is 12.2 Å². The number of fused-ring (bicyclic) bond motifs is 1. The average Bonchev–Trinajstić information content (AvgIpc) is 2.35. The summed E-state index contributed by atoms with van der Waals surface area (Å²) >= 11 is 4.99. The van der Waals surface area contributed by atoms with Crippen LogP contribution in [0.3, 0.4) is 0 Å². The molecule has 2 aromatic heterocycles. The van der Waals surface area contributed by atoms with E-state index in [1.54, 1.807) is 6.20 Å². The SMILES string of the molecule is Cc1nnc2c(=S)[nH]ccn12. The van der Waals surface area contributed by atoms with Crippen LogP contribution >= 0.6 is 12.2 Å². The molecule has 2 aromatic rings. The Morgan fingerprint density at radius 1 is 1.55 bits per heavy atom. The molecule has 0 fully saturated rings. The van der Waals surface area contributed by atoms with Crippen LogP contribution in [-0.2, 0) is 0 Å². The Balaban J connectivity index is 3.06. The highest BCUT2D eigenvalue weighted by atomic mass is 32.1. The third-order valence-electron chi connectivity index (χ3n) is 1.51. The van der Waals surface area contributed by atoms with Gasteiger partial charge in [-0.05, 0) is 6.92 Å². The van der Waals surface area contributed by atoms with Crippen molar-refractivity contribution in [1.82, 2.24) is 19.6 Å². The number of nitrogens with one attached hydrogen (secondary N) is 1. The van der Waals surface area contributed by atoms with Gasteiger partial charge in [-0.2, -0.15) is 0 Å². The van der Waals surface area contributed by atoms with Crippen molar-refractivity contribution in [1.29, 1.82) is 0 Å². The quantitative estimate of drug-likeness (QED) is 0.596. The van der Waals surface area contributed by atoms with Crippen LogP contribution in [-0.4, -0.2) is 19.6 Å². The standard InChI is InChI=1S/C6H6N4S/c1-4-8-9-5-6(11)7-2-3-10(4)5/h2-3H,1H3,(H,7,11). The van der Waals surface area contributed by atoms with E-state index in [-0.39, 0.29) is 0 Å². The highest BCUT2D eigenvalue weighted by molar-refractivity contribution is 7.71. The minimum Gasteiger partial charge on any atom is -0.348 e. The lowest BCUT2D eigenvalue weighted by atomic mass is 10.6. The fraction of sp³-hybridized carbons (Fsp3) is 0.167. The van der Waals surface area contributed by atoms with Crippen molar-refractivity contribution in [2.45, 2.75) is 6.92 Å². The van der Waals surface area contributed by atoms with Gasteiger partial charge in [-0.25, -0.2) is 0 Å². The number of aromatic amines is 1. The molecule has 0 bridgehead atoms. The molecule has 0 aliphatic heterocycles. The highest BCUT2D eigenvalue weighted by Crippen LogP contribution is 2.00. The number of aryl methyl sites for hydroxylation is 1. The molecule has 0 spiro atoms. The summed E-state index contributed by atoms with van der Waals surface area (Å²) in [6, 6.07) is 0. The second-order valence-corrected chi connectivity index (χ2v) is 2.64. The minimum absolute atomic E-state index is 0.619. The second-order valence-electron chi connectivity index (χ2n) is 2.23. The van der Waals surface area contributed by atoms with E-state index in [9.17, 15) is 0 Å². The molecule has 56 valence electrons. The summed E-state index contributed by atoms with van der Waals surface area (Å²) in [7, 11) is 0. The molecule has 0 aromatic carbocycles. The van der Waals surface area contributed by atoms with Crippen LogP contribution in [0.1, 0.15) is 5.82 Å². The Morgan fingerprint density at radius 3 is 3.09 bits per heavy atom. The van der Waals surface area contributed by atoms with E-state index < -0.39 is 0 Å².